The quantitative estimate of drug-likeness (QED) is 0.911. The average molecular weight is 258 g/mol. The second-order valence-corrected chi connectivity index (χ2v) is 4.00. The molecular weight excluding hydrogens is 244 g/mol. The lowest BCUT2D eigenvalue weighted by molar-refractivity contribution is 0.0689. The number of carboxylic acids is 1. The van der Waals surface area contributed by atoms with Gasteiger partial charge < -0.3 is 9.84 Å². The smallest absolute Gasteiger partial charge is 0.356 e. The normalized spacial score (nSPS) is 10.2. The zero-order valence-electron chi connectivity index (χ0n) is 10.8. The number of hydrogen-bond donors (Lipinski definition) is 1. The summed E-state index contributed by atoms with van der Waals surface area (Å²) in [6.45, 7) is 2.06. The van der Waals surface area contributed by atoms with Gasteiger partial charge in [-0.2, -0.15) is 0 Å². The van der Waals surface area contributed by atoms with Crippen LogP contribution in [0.25, 0.3) is 11.3 Å². The predicted octanol–water partition coefficient (Wildman–Crippen LogP) is 2.41. The lowest BCUT2D eigenvalue weighted by Crippen LogP contribution is -2.02. The number of hydrogen-bond acceptors (Lipinski definition) is 4. The van der Waals surface area contributed by atoms with Gasteiger partial charge in [0.2, 0.25) is 0 Å². The van der Waals surface area contributed by atoms with Crippen molar-refractivity contribution >= 4 is 5.97 Å². The van der Waals surface area contributed by atoms with E-state index in [2.05, 4.69) is 17.1 Å². The summed E-state index contributed by atoms with van der Waals surface area (Å²) in [5.74, 6) is -0.400. The number of aromatic carboxylic acids is 1. The lowest BCUT2D eigenvalue weighted by Gasteiger charge is -2.09. The van der Waals surface area contributed by atoms with Crippen molar-refractivity contribution in [3.05, 3.63) is 41.6 Å². The van der Waals surface area contributed by atoms with Gasteiger partial charge in [-0.15, -0.1) is 10.2 Å². The Labute approximate surface area is 110 Å². The number of nitrogens with zero attached hydrogens (tertiary/aromatic N) is 2. The van der Waals surface area contributed by atoms with E-state index in [9.17, 15) is 4.79 Å². The minimum Gasteiger partial charge on any atom is -0.496 e. The van der Waals surface area contributed by atoms with E-state index in [1.165, 1.54) is 6.07 Å². The van der Waals surface area contributed by atoms with Gasteiger partial charge in [-0.05, 0) is 36.2 Å². The summed E-state index contributed by atoms with van der Waals surface area (Å²) in [6.07, 6.45) is 0.900. The second-order valence-electron chi connectivity index (χ2n) is 4.00. The molecular formula is C14H14N2O3. The number of rotatable bonds is 4. The highest BCUT2D eigenvalue weighted by molar-refractivity contribution is 5.85. The summed E-state index contributed by atoms with van der Waals surface area (Å²) in [5, 5.41) is 16.4. The average Bonchev–Trinajstić information content (AvgIpc) is 2.46. The zero-order chi connectivity index (χ0) is 13.8. The number of carboxylic acid groups (broad SMARTS) is 1. The van der Waals surface area contributed by atoms with Crippen LogP contribution in [0.4, 0.5) is 0 Å². The first kappa shape index (κ1) is 13.0. The molecule has 2 rings (SSSR count). The minimum absolute atomic E-state index is 0.0747. The van der Waals surface area contributed by atoms with Gasteiger partial charge in [-0.25, -0.2) is 4.79 Å². The van der Waals surface area contributed by atoms with Gasteiger partial charge in [0.1, 0.15) is 5.75 Å². The Kier molecular flexibility index (Phi) is 3.75. The van der Waals surface area contributed by atoms with Crippen LogP contribution in [-0.4, -0.2) is 28.4 Å². The SMILES string of the molecule is CCc1ccc(OC)c(-c2ccc(C(=O)O)nn2)c1. The highest BCUT2D eigenvalue weighted by atomic mass is 16.5. The Balaban J connectivity index is 2.47. The standard InChI is InChI=1S/C14H14N2O3/c1-3-9-4-7-13(19-2)10(8-9)11-5-6-12(14(17)18)16-15-11/h4-8H,3H2,1-2H3,(H,17,18). The van der Waals surface area contributed by atoms with Crippen LogP contribution < -0.4 is 4.74 Å². The van der Waals surface area contributed by atoms with Gasteiger partial charge in [-0.1, -0.05) is 13.0 Å². The Morgan fingerprint density at radius 1 is 1.26 bits per heavy atom. The third kappa shape index (κ3) is 2.70. The van der Waals surface area contributed by atoms with E-state index in [-0.39, 0.29) is 5.69 Å². The van der Waals surface area contributed by atoms with Crippen LogP contribution in [0.2, 0.25) is 0 Å². The first-order valence-corrected chi connectivity index (χ1v) is 5.90. The fourth-order valence-corrected chi connectivity index (χ4v) is 1.77. The van der Waals surface area contributed by atoms with E-state index in [0.29, 0.717) is 11.4 Å². The maximum Gasteiger partial charge on any atom is 0.356 e. The van der Waals surface area contributed by atoms with Crippen molar-refractivity contribution in [1.82, 2.24) is 10.2 Å². The molecule has 0 saturated heterocycles. The molecule has 1 heterocycles. The van der Waals surface area contributed by atoms with E-state index in [1.807, 2.05) is 18.2 Å². The molecule has 19 heavy (non-hydrogen) atoms. The monoisotopic (exact) mass is 258 g/mol. The van der Waals surface area contributed by atoms with Crippen LogP contribution in [0.15, 0.2) is 30.3 Å². The first-order chi connectivity index (χ1) is 9.15. The van der Waals surface area contributed by atoms with Crippen LogP contribution >= 0.6 is 0 Å². The van der Waals surface area contributed by atoms with Crippen molar-refractivity contribution < 1.29 is 14.6 Å². The fourth-order valence-electron chi connectivity index (χ4n) is 1.77. The molecule has 5 heteroatoms. The second kappa shape index (κ2) is 5.48. The Hall–Kier alpha value is -2.43. The topological polar surface area (TPSA) is 72.3 Å². The van der Waals surface area contributed by atoms with E-state index in [1.54, 1.807) is 13.2 Å². The molecule has 0 fully saturated rings. The first-order valence-electron chi connectivity index (χ1n) is 5.90. The fraction of sp³-hybridized carbons (Fsp3) is 0.214. The number of methoxy groups -OCH3 is 1. The molecule has 0 spiro atoms. The van der Waals surface area contributed by atoms with Crippen LogP contribution in [0.3, 0.4) is 0 Å². The van der Waals surface area contributed by atoms with E-state index in [4.69, 9.17) is 9.84 Å². The summed E-state index contributed by atoms with van der Waals surface area (Å²) in [4.78, 5) is 10.7. The molecule has 1 aromatic heterocycles. The number of aryl methyl sites for hydroxylation is 1. The minimum atomic E-state index is -1.09. The van der Waals surface area contributed by atoms with Crippen molar-refractivity contribution in [1.29, 1.82) is 0 Å². The molecule has 1 N–H and O–H groups in total. The van der Waals surface area contributed by atoms with Gasteiger partial charge >= 0.3 is 5.97 Å². The summed E-state index contributed by atoms with van der Waals surface area (Å²) in [6, 6.07) is 8.90. The molecule has 0 aliphatic rings. The molecule has 0 saturated carbocycles. The zero-order valence-corrected chi connectivity index (χ0v) is 10.8. The number of ether oxygens (including phenoxy) is 1. The highest BCUT2D eigenvalue weighted by Crippen LogP contribution is 2.29. The summed E-state index contributed by atoms with van der Waals surface area (Å²) in [5.41, 5.74) is 2.48. The molecule has 0 bridgehead atoms. The van der Waals surface area contributed by atoms with Crippen LogP contribution in [0.1, 0.15) is 23.0 Å². The third-order valence-corrected chi connectivity index (χ3v) is 2.83. The van der Waals surface area contributed by atoms with E-state index >= 15 is 0 Å². The predicted molar refractivity (Wildman–Crippen MR) is 70.4 cm³/mol. The molecule has 98 valence electrons. The highest BCUT2D eigenvalue weighted by Gasteiger charge is 2.11. The third-order valence-electron chi connectivity index (χ3n) is 2.83. The molecule has 0 unspecified atom stereocenters. The van der Waals surface area contributed by atoms with Crippen LogP contribution in [-0.2, 0) is 6.42 Å². The summed E-state index contributed by atoms with van der Waals surface area (Å²) in [7, 11) is 1.59. The van der Waals surface area contributed by atoms with Crippen molar-refractivity contribution in [2.45, 2.75) is 13.3 Å². The molecule has 0 aliphatic carbocycles. The largest absolute Gasteiger partial charge is 0.496 e. The number of aromatic nitrogens is 2. The lowest BCUT2D eigenvalue weighted by atomic mass is 10.0. The van der Waals surface area contributed by atoms with Crippen molar-refractivity contribution in [2.24, 2.45) is 0 Å². The van der Waals surface area contributed by atoms with Crippen molar-refractivity contribution in [2.75, 3.05) is 7.11 Å². The Morgan fingerprint density at radius 3 is 2.58 bits per heavy atom. The van der Waals surface area contributed by atoms with Crippen molar-refractivity contribution in [3.63, 3.8) is 0 Å². The van der Waals surface area contributed by atoms with E-state index in [0.717, 1.165) is 17.5 Å². The van der Waals surface area contributed by atoms with Gasteiger partial charge in [0.25, 0.3) is 0 Å². The number of benzene rings is 1. The molecule has 2 aromatic rings. The van der Waals surface area contributed by atoms with Gasteiger partial charge in [0.05, 0.1) is 12.8 Å². The Bertz CT molecular complexity index is 594. The van der Waals surface area contributed by atoms with Gasteiger partial charge in [0, 0.05) is 5.56 Å². The summed E-state index contributed by atoms with van der Waals surface area (Å²) >= 11 is 0. The molecule has 0 radical (unpaired) electrons. The maximum absolute atomic E-state index is 10.7. The van der Waals surface area contributed by atoms with Gasteiger partial charge in [0.15, 0.2) is 5.69 Å². The molecule has 5 nitrogen and oxygen atoms in total. The molecule has 0 atom stereocenters. The molecule has 0 aliphatic heterocycles. The molecule has 1 aromatic carbocycles. The van der Waals surface area contributed by atoms with Crippen LogP contribution in [0, 0.1) is 0 Å². The Morgan fingerprint density at radius 2 is 2.05 bits per heavy atom. The summed E-state index contributed by atoms with van der Waals surface area (Å²) < 4.78 is 5.29. The van der Waals surface area contributed by atoms with Crippen molar-refractivity contribution in [3.8, 4) is 17.0 Å². The number of carbonyl (C=O) groups is 1. The maximum atomic E-state index is 10.7. The van der Waals surface area contributed by atoms with Gasteiger partial charge in [-0.3, -0.25) is 0 Å². The van der Waals surface area contributed by atoms with Crippen LogP contribution in [0.5, 0.6) is 5.75 Å². The van der Waals surface area contributed by atoms with E-state index < -0.39 is 5.97 Å². The molecule has 0 amide bonds.